The fourth-order valence-electron chi connectivity index (χ4n) is 0.942. The van der Waals surface area contributed by atoms with Gasteiger partial charge in [0.1, 0.15) is 11.6 Å². The van der Waals surface area contributed by atoms with Crippen molar-refractivity contribution < 1.29 is 8.78 Å². The first-order valence-electron chi connectivity index (χ1n) is 3.56. The van der Waals surface area contributed by atoms with E-state index >= 15 is 0 Å². The van der Waals surface area contributed by atoms with Crippen LogP contribution in [0, 0.1) is 11.6 Å². The van der Waals surface area contributed by atoms with Crippen LogP contribution in [0.25, 0.3) is 0 Å². The molecule has 0 spiro atoms. The van der Waals surface area contributed by atoms with Crippen molar-refractivity contribution >= 4 is 0 Å². The number of nitrogens with two attached hydrogens (primary N) is 1. The van der Waals surface area contributed by atoms with Gasteiger partial charge in [-0.15, -0.1) is 0 Å². The van der Waals surface area contributed by atoms with Crippen LogP contribution in [-0.2, 0) is 0 Å². The van der Waals surface area contributed by atoms with E-state index in [0.29, 0.717) is 5.56 Å². The van der Waals surface area contributed by atoms with Crippen molar-refractivity contribution in [3.05, 3.63) is 35.4 Å². The first kappa shape index (κ1) is 9.09. The molecule has 1 rings (SSSR count). The topological polar surface area (TPSA) is 38.0 Å². The molecule has 66 valence electrons. The largest absolute Gasteiger partial charge is 0.271 e. The zero-order valence-corrected chi connectivity index (χ0v) is 6.64. The Labute approximate surface area is 69.4 Å². The first-order chi connectivity index (χ1) is 5.65. The highest BCUT2D eigenvalue weighted by Crippen LogP contribution is 2.16. The van der Waals surface area contributed by atoms with Crippen LogP contribution in [0.15, 0.2) is 18.2 Å². The van der Waals surface area contributed by atoms with Crippen molar-refractivity contribution in [1.29, 1.82) is 0 Å². The fraction of sp³-hybridized carbons (Fsp3) is 0.250. The molecule has 0 saturated carbocycles. The lowest BCUT2D eigenvalue weighted by Gasteiger charge is -2.10. The summed E-state index contributed by atoms with van der Waals surface area (Å²) in [4.78, 5) is 0. The summed E-state index contributed by atoms with van der Waals surface area (Å²) < 4.78 is 25.4. The molecule has 0 aliphatic rings. The maximum Gasteiger partial charge on any atom is 0.130 e. The number of halogens is 2. The summed E-state index contributed by atoms with van der Waals surface area (Å²) in [7, 11) is 0. The highest BCUT2D eigenvalue weighted by Gasteiger charge is 2.09. The third-order valence-electron chi connectivity index (χ3n) is 1.68. The van der Waals surface area contributed by atoms with Crippen LogP contribution in [0.4, 0.5) is 8.78 Å². The molecule has 1 atom stereocenters. The average molecular weight is 172 g/mol. The van der Waals surface area contributed by atoms with Crippen molar-refractivity contribution in [2.24, 2.45) is 5.84 Å². The van der Waals surface area contributed by atoms with E-state index in [-0.39, 0.29) is 6.04 Å². The van der Waals surface area contributed by atoms with E-state index in [1.54, 1.807) is 6.92 Å². The van der Waals surface area contributed by atoms with Crippen LogP contribution >= 0.6 is 0 Å². The summed E-state index contributed by atoms with van der Waals surface area (Å²) in [5.41, 5.74) is 2.74. The van der Waals surface area contributed by atoms with Crippen molar-refractivity contribution in [1.82, 2.24) is 5.43 Å². The highest BCUT2D eigenvalue weighted by molar-refractivity contribution is 5.21. The van der Waals surface area contributed by atoms with Crippen molar-refractivity contribution in [3.8, 4) is 0 Å². The van der Waals surface area contributed by atoms with Crippen molar-refractivity contribution in [2.75, 3.05) is 0 Å². The van der Waals surface area contributed by atoms with Gasteiger partial charge in [0, 0.05) is 17.7 Å². The standard InChI is InChI=1S/C8H10F2N2/c1-5(12-11)7-3-2-6(9)4-8(7)10/h2-5,12H,11H2,1H3/t5-/m0/s1. The van der Waals surface area contributed by atoms with Crippen LogP contribution in [0.3, 0.4) is 0 Å². The molecule has 0 aliphatic carbocycles. The summed E-state index contributed by atoms with van der Waals surface area (Å²) in [6.07, 6.45) is 0. The van der Waals surface area contributed by atoms with E-state index in [9.17, 15) is 8.78 Å². The lowest BCUT2D eigenvalue weighted by molar-refractivity contribution is 0.528. The average Bonchev–Trinajstić information content (AvgIpc) is 2.03. The minimum absolute atomic E-state index is 0.314. The zero-order valence-electron chi connectivity index (χ0n) is 6.64. The monoisotopic (exact) mass is 172 g/mol. The molecule has 0 amide bonds. The molecule has 2 nitrogen and oxygen atoms in total. The second kappa shape index (κ2) is 3.60. The quantitative estimate of drug-likeness (QED) is 0.524. The van der Waals surface area contributed by atoms with Crippen LogP contribution in [0.5, 0.6) is 0 Å². The molecule has 0 heterocycles. The maximum absolute atomic E-state index is 13.0. The third-order valence-corrected chi connectivity index (χ3v) is 1.68. The summed E-state index contributed by atoms with van der Waals surface area (Å²) >= 11 is 0. The Morgan fingerprint density at radius 3 is 2.58 bits per heavy atom. The van der Waals surface area contributed by atoms with Gasteiger partial charge in [0.05, 0.1) is 0 Å². The van der Waals surface area contributed by atoms with Crippen LogP contribution in [0.1, 0.15) is 18.5 Å². The molecular weight excluding hydrogens is 162 g/mol. The number of nitrogens with one attached hydrogen (secondary N) is 1. The molecule has 1 aromatic rings. The number of rotatable bonds is 2. The van der Waals surface area contributed by atoms with E-state index < -0.39 is 11.6 Å². The lowest BCUT2D eigenvalue weighted by atomic mass is 10.1. The Bertz CT molecular complexity index is 276. The predicted molar refractivity (Wildman–Crippen MR) is 42.1 cm³/mol. The van der Waals surface area contributed by atoms with Crippen LogP contribution in [0.2, 0.25) is 0 Å². The van der Waals surface area contributed by atoms with Gasteiger partial charge in [0.25, 0.3) is 0 Å². The first-order valence-corrected chi connectivity index (χ1v) is 3.56. The fourth-order valence-corrected chi connectivity index (χ4v) is 0.942. The zero-order chi connectivity index (χ0) is 9.14. The van der Waals surface area contributed by atoms with E-state index in [1.165, 1.54) is 12.1 Å². The summed E-state index contributed by atoms with van der Waals surface area (Å²) in [5, 5.41) is 0. The number of hydrogen-bond donors (Lipinski definition) is 2. The van der Waals surface area contributed by atoms with Gasteiger partial charge in [-0.1, -0.05) is 6.07 Å². The van der Waals surface area contributed by atoms with Gasteiger partial charge in [0.2, 0.25) is 0 Å². The minimum Gasteiger partial charge on any atom is -0.271 e. The molecule has 0 bridgehead atoms. The number of benzene rings is 1. The van der Waals surface area contributed by atoms with Crippen molar-refractivity contribution in [3.63, 3.8) is 0 Å². The van der Waals surface area contributed by atoms with E-state index in [4.69, 9.17) is 5.84 Å². The molecule has 0 radical (unpaired) electrons. The van der Waals surface area contributed by atoms with Crippen LogP contribution < -0.4 is 11.3 Å². The number of hydrazine groups is 1. The van der Waals surface area contributed by atoms with Crippen LogP contribution in [-0.4, -0.2) is 0 Å². The Morgan fingerprint density at radius 1 is 1.42 bits per heavy atom. The normalized spacial score (nSPS) is 13.0. The molecule has 1 aromatic carbocycles. The molecule has 0 fully saturated rings. The second-order valence-corrected chi connectivity index (χ2v) is 2.55. The van der Waals surface area contributed by atoms with E-state index in [0.717, 1.165) is 6.07 Å². The summed E-state index contributed by atoms with van der Waals surface area (Å²) in [6, 6.07) is 3.09. The Balaban J connectivity index is 3.01. The van der Waals surface area contributed by atoms with E-state index in [2.05, 4.69) is 5.43 Å². The van der Waals surface area contributed by atoms with Gasteiger partial charge in [-0.3, -0.25) is 11.3 Å². The minimum atomic E-state index is -0.583. The highest BCUT2D eigenvalue weighted by atomic mass is 19.1. The molecule has 3 N–H and O–H groups in total. The van der Waals surface area contributed by atoms with Gasteiger partial charge in [-0.2, -0.15) is 0 Å². The molecule has 0 unspecified atom stereocenters. The second-order valence-electron chi connectivity index (χ2n) is 2.55. The maximum atomic E-state index is 13.0. The molecule has 0 aliphatic heterocycles. The SMILES string of the molecule is C[C@H](NN)c1ccc(F)cc1F. The van der Waals surface area contributed by atoms with Crippen molar-refractivity contribution in [2.45, 2.75) is 13.0 Å². The molecular formula is C8H10F2N2. The van der Waals surface area contributed by atoms with Gasteiger partial charge < -0.3 is 0 Å². The third kappa shape index (κ3) is 1.78. The van der Waals surface area contributed by atoms with E-state index in [1.807, 2.05) is 0 Å². The summed E-state index contributed by atoms with van der Waals surface area (Å²) in [5.74, 6) is 3.93. The van der Waals surface area contributed by atoms with Gasteiger partial charge in [-0.05, 0) is 13.0 Å². The Morgan fingerprint density at radius 2 is 2.08 bits per heavy atom. The van der Waals surface area contributed by atoms with Gasteiger partial charge in [0.15, 0.2) is 0 Å². The van der Waals surface area contributed by atoms with Gasteiger partial charge in [-0.25, -0.2) is 8.78 Å². The van der Waals surface area contributed by atoms with Gasteiger partial charge >= 0.3 is 0 Å². The Kier molecular flexibility index (Phi) is 2.73. The smallest absolute Gasteiger partial charge is 0.130 e. The molecule has 0 aromatic heterocycles. The Hall–Kier alpha value is -1.00. The summed E-state index contributed by atoms with van der Waals surface area (Å²) in [6.45, 7) is 1.69. The lowest BCUT2D eigenvalue weighted by Crippen LogP contribution is -2.26. The molecule has 4 heteroatoms. The molecule has 0 saturated heterocycles. The predicted octanol–water partition coefficient (Wildman–Crippen LogP) is 1.49. The number of hydrogen-bond acceptors (Lipinski definition) is 2. The molecule has 12 heavy (non-hydrogen) atoms.